The number of sulfonamides is 1. The van der Waals surface area contributed by atoms with Crippen molar-refractivity contribution in [2.75, 3.05) is 13.1 Å². The fourth-order valence-corrected chi connectivity index (χ4v) is 4.36. The zero-order valence-corrected chi connectivity index (χ0v) is 15.9. The van der Waals surface area contributed by atoms with Crippen molar-refractivity contribution in [3.05, 3.63) is 41.7 Å². The third-order valence-corrected chi connectivity index (χ3v) is 5.92. The minimum Gasteiger partial charge on any atom is -0.459 e. The molecule has 152 valence electrons. The molecule has 0 bridgehead atoms. The Labute approximate surface area is 160 Å². The average Bonchev–Trinajstić information content (AvgIpc) is 3.02. The van der Waals surface area contributed by atoms with E-state index in [9.17, 15) is 21.6 Å². The summed E-state index contributed by atoms with van der Waals surface area (Å²) in [4.78, 5) is 8.23. The molecule has 1 aromatic heterocycles. The zero-order chi connectivity index (χ0) is 20.5. The molecule has 1 saturated heterocycles. The number of benzene rings is 1. The second-order valence-electron chi connectivity index (χ2n) is 6.34. The first kappa shape index (κ1) is 20.3. The molecule has 1 aliphatic rings. The van der Waals surface area contributed by atoms with Crippen LogP contribution in [0, 0.1) is 13.8 Å². The summed E-state index contributed by atoms with van der Waals surface area (Å²) in [6.07, 6.45) is -4.80. The van der Waals surface area contributed by atoms with E-state index in [-0.39, 0.29) is 24.0 Å². The van der Waals surface area contributed by atoms with Crippen LogP contribution in [0.5, 0.6) is 11.8 Å². The molecule has 0 amide bonds. The van der Waals surface area contributed by atoms with Gasteiger partial charge in [-0.1, -0.05) is 0 Å². The van der Waals surface area contributed by atoms with Crippen LogP contribution in [0.15, 0.2) is 35.2 Å². The molecule has 1 aliphatic heterocycles. The molecule has 1 aromatic carbocycles. The van der Waals surface area contributed by atoms with E-state index in [1.807, 2.05) is 0 Å². The summed E-state index contributed by atoms with van der Waals surface area (Å²) in [6.45, 7) is 3.93. The Hall–Kier alpha value is -2.40. The van der Waals surface area contributed by atoms with E-state index in [1.54, 1.807) is 19.9 Å². The SMILES string of the molecule is Cc1cc(C)nc(O[C@@H]2CCN(S(=O)(=O)c3ccc(OC(F)(F)F)cc3)C2)n1. The Morgan fingerprint density at radius 2 is 1.71 bits per heavy atom. The number of alkyl halides is 3. The van der Waals surface area contributed by atoms with Crippen LogP contribution in [0.2, 0.25) is 0 Å². The maximum absolute atomic E-state index is 12.7. The third kappa shape index (κ3) is 4.90. The number of aryl methyl sites for hydroxylation is 2. The highest BCUT2D eigenvalue weighted by Gasteiger charge is 2.35. The summed E-state index contributed by atoms with van der Waals surface area (Å²) in [7, 11) is -3.86. The van der Waals surface area contributed by atoms with Crippen molar-refractivity contribution in [3.63, 3.8) is 0 Å². The first-order valence-corrected chi connectivity index (χ1v) is 9.82. The maximum Gasteiger partial charge on any atom is 0.573 e. The van der Waals surface area contributed by atoms with E-state index in [4.69, 9.17) is 4.74 Å². The topological polar surface area (TPSA) is 81.6 Å². The molecule has 1 fully saturated rings. The molecule has 2 heterocycles. The quantitative estimate of drug-likeness (QED) is 0.744. The van der Waals surface area contributed by atoms with Crippen molar-refractivity contribution < 1.29 is 31.1 Å². The van der Waals surface area contributed by atoms with Gasteiger partial charge in [-0.25, -0.2) is 18.4 Å². The van der Waals surface area contributed by atoms with Crippen LogP contribution in [-0.4, -0.2) is 48.2 Å². The fourth-order valence-electron chi connectivity index (χ4n) is 2.87. The molecular formula is C17H18F3N3O4S. The lowest BCUT2D eigenvalue weighted by Gasteiger charge is -2.17. The van der Waals surface area contributed by atoms with E-state index < -0.39 is 28.2 Å². The summed E-state index contributed by atoms with van der Waals surface area (Å²) >= 11 is 0. The Morgan fingerprint density at radius 3 is 2.29 bits per heavy atom. The summed E-state index contributed by atoms with van der Waals surface area (Å²) in [5.41, 5.74) is 1.48. The van der Waals surface area contributed by atoms with Crippen LogP contribution >= 0.6 is 0 Å². The number of nitrogens with zero attached hydrogens (tertiary/aromatic N) is 3. The molecule has 0 radical (unpaired) electrons. The average molecular weight is 417 g/mol. The zero-order valence-electron chi connectivity index (χ0n) is 15.1. The molecule has 28 heavy (non-hydrogen) atoms. The maximum atomic E-state index is 12.7. The van der Waals surface area contributed by atoms with Crippen molar-refractivity contribution in [1.82, 2.24) is 14.3 Å². The normalized spacial score (nSPS) is 18.2. The van der Waals surface area contributed by atoms with E-state index in [0.717, 1.165) is 35.7 Å². The molecule has 0 aliphatic carbocycles. The predicted molar refractivity (Wildman–Crippen MR) is 92.4 cm³/mol. The lowest BCUT2D eigenvalue weighted by molar-refractivity contribution is -0.274. The van der Waals surface area contributed by atoms with Gasteiger partial charge in [0, 0.05) is 17.9 Å². The van der Waals surface area contributed by atoms with Crippen LogP contribution in [0.25, 0.3) is 0 Å². The van der Waals surface area contributed by atoms with Gasteiger partial charge in [-0.05, 0) is 50.6 Å². The highest BCUT2D eigenvalue weighted by atomic mass is 32.2. The molecule has 0 N–H and O–H groups in total. The van der Waals surface area contributed by atoms with Crippen LogP contribution in [0.3, 0.4) is 0 Å². The van der Waals surface area contributed by atoms with Gasteiger partial charge in [0.2, 0.25) is 10.0 Å². The van der Waals surface area contributed by atoms with Gasteiger partial charge in [-0.3, -0.25) is 0 Å². The van der Waals surface area contributed by atoms with Crippen molar-refractivity contribution in [2.45, 2.75) is 37.6 Å². The standard InChI is InChI=1S/C17H18F3N3O4S/c1-11-9-12(2)22-16(21-11)26-14-7-8-23(10-14)28(24,25)15-5-3-13(4-6-15)27-17(18,19)20/h3-6,9,14H,7-8,10H2,1-2H3/t14-/m1/s1. The first-order valence-electron chi connectivity index (χ1n) is 8.38. The summed E-state index contributed by atoms with van der Waals surface area (Å²) in [5.74, 6) is -0.485. The van der Waals surface area contributed by atoms with Crippen molar-refractivity contribution in [3.8, 4) is 11.8 Å². The van der Waals surface area contributed by atoms with Gasteiger partial charge < -0.3 is 9.47 Å². The van der Waals surface area contributed by atoms with Gasteiger partial charge in [0.1, 0.15) is 11.9 Å². The lowest BCUT2D eigenvalue weighted by Crippen LogP contribution is -2.31. The molecule has 3 rings (SSSR count). The second kappa shape index (κ2) is 7.55. The molecule has 2 aromatic rings. The smallest absolute Gasteiger partial charge is 0.459 e. The molecule has 0 spiro atoms. The van der Waals surface area contributed by atoms with Crippen LogP contribution in [-0.2, 0) is 10.0 Å². The minimum absolute atomic E-state index is 0.0967. The Morgan fingerprint density at radius 1 is 1.11 bits per heavy atom. The number of hydrogen-bond acceptors (Lipinski definition) is 6. The number of ether oxygens (including phenoxy) is 2. The molecule has 0 unspecified atom stereocenters. The molecule has 1 atom stereocenters. The van der Waals surface area contributed by atoms with E-state index in [1.165, 1.54) is 4.31 Å². The van der Waals surface area contributed by atoms with Crippen LogP contribution < -0.4 is 9.47 Å². The third-order valence-electron chi connectivity index (χ3n) is 4.04. The summed E-state index contributed by atoms with van der Waals surface area (Å²) in [5, 5.41) is 0. The van der Waals surface area contributed by atoms with Gasteiger partial charge in [-0.15, -0.1) is 13.2 Å². The van der Waals surface area contributed by atoms with E-state index in [2.05, 4.69) is 14.7 Å². The number of halogens is 3. The minimum atomic E-state index is -4.84. The highest BCUT2D eigenvalue weighted by molar-refractivity contribution is 7.89. The number of aromatic nitrogens is 2. The molecule has 0 saturated carbocycles. The van der Waals surface area contributed by atoms with E-state index >= 15 is 0 Å². The van der Waals surface area contributed by atoms with Gasteiger partial charge in [-0.2, -0.15) is 4.31 Å². The van der Waals surface area contributed by atoms with Crippen molar-refractivity contribution >= 4 is 10.0 Å². The Bertz CT molecular complexity index is 929. The van der Waals surface area contributed by atoms with Gasteiger partial charge >= 0.3 is 12.4 Å². The number of rotatable bonds is 5. The van der Waals surface area contributed by atoms with Gasteiger partial charge in [0.15, 0.2) is 0 Å². The molecule has 11 heteroatoms. The Balaban J connectivity index is 1.68. The van der Waals surface area contributed by atoms with Gasteiger partial charge in [0.05, 0.1) is 11.4 Å². The molecular weight excluding hydrogens is 399 g/mol. The van der Waals surface area contributed by atoms with Gasteiger partial charge in [0.25, 0.3) is 0 Å². The van der Waals surface area contributed by atoms with E-state index in [0.29, 0.717) is 6.42 Å². The fraction of sp³-hybridized carbons (Fsp3) is 0.412. The largest absolute Gasteiger partial charge is 0.573 e. The first-order chi connectivity index (χ1) is 13.0. The highest BCUT2D eigenvalue weighted by Crippen LogP contribution is 2.27. The Kier molecular flexibility index (Phi) is 5.48. The summed E-state index contributed by atoms with van der Waals surface area (Å²) in [6, 6.07) is 6.08. The number of hydrogen-bond donors (Lipinski definition) is 0. The van der Waals surface area contributed by atoms with Crippen molar-refractivity contribution in [2.24, 2.45) is 0 Å². The second-order valence-corrected chi connectivity index (χ2v) is 8.28. The molecule has 7 nitrogen and oxygen atoms in total. The monoisotopic (exact) mass is 417 g/mol. The van der Waals surface area contributed by atoms with Crippen molar-refractivity contribution in [1.29, 1.82) is 0 Å². The lowest BCUT2D eigenvalue weighted by atomic mass is 10.3. The summed E-state index contributed by atoms with van der Waals surface area (Å²) < 4.78 is 72.8. The van der Waals surface area contributed by atoms with Crippen LogP contribution in [0.4, 0.5) is 13.2 Å². The van der Waals surface area contributed by atoms with Crippen LogP contribution in [0.1, 0.15) is 17.8 Å². The predicted octanol–water partition coefficient (Wildman–Crippen LogP) is 2.83.